The topological polar surface area (TPSA) is 73.6 Å². The molecule has 1 aromatic carbocycles. The molecule has 5 nitrogen and oxygen atoms in total. The number of hydrogen-bond donors (Lipinski definition) is 2. The Morgan fingerprint density at radius 2 is 2.08 bits per heavy atom. The van der Waals surface area contributed by atoms with E-state index in [4.69, 9.17) is 15.2 Å². The summed E-state index contributed by atoms with van der Waals surface area (Å²) in [5, 5.41) is 3.38. The van der Waals surface area contributed by atoms with Crippen molar-refractivity contribution in [3.05, 3.63) is 29.3 Å². The number of ether oxygens (including phenoxy) is 2. The first-order valence-corrected chi connectivity index (χ1v) is 8.29. The molecule has 1 aliphatic heterocycles. The smallest absolute Gasteiger partial charge is 0.251 e. The van der Waals surface area contributed by atoms with Gasteiger partial charge < -0.3 is 20.5 Å². The van der Waals surface area contributed by atoms with Gasteiger partial charge in [0.2, 0.25) is 0 Å². The van der Waals surface area contributed by atoms with E-state index in [0.717, 1.165) is 25.5 Å². The molecule has 0 bridgehead atoms. The highest BCUT2D eigenvalue weighted by molar-refractivity contribution is 5.85. The van der Waals surface area contributed by atoms with Crippen LogP contribution in [-0.2, 0) is 9.53 Å². The van der Waals surface area contributed by atoms with Crippen LogP contribution in [-0.4, -0.2) is 31.7 Å². The molecule has 1 heterocycles. The zero-order valence-corrected chi connectivity index (χ0v) is 16.3. The number of carbonyl (C=O) groups is 1. The number of benzene rings is 1. The van der Waals surface area contributed by atoms with E-state index in [0.29, 0.717) is 12.6 Å². The molecule has 2 atom stereocenters. The third-order valence-corrected chi connectivity index (χ3v) is 4.08. The SMILES string of the molecule is CCOC(C(N)=O)c1c(F)ccc(OCCC2CCCCN2)c1F.Cl.Cl. The molecule has 1 amide bonds. The number of hydrogen-bond acceptors (Lipinski definition) is 4. The number of primary amides is 1. The average molecular weight is 415 g/mol. The third-order valence-electron chi connectivity index (χ3n) is 4.08. The lowest BCUT2D eigenvalue weighted by Crippen LogP contribution is -2.35. The Kier molecular flexibility index (Phi) is 11.7. The van der Waals surface area contributed by atoms with Crippen molar-refractivity contribution in [3.63, 3.8) is 0 Å². The van der Waals surface area contributed by atoms with E-state index < -0.39 is 29.2 Å². The summed E-state index contributed by atoms with van der Waals surface area (Å²) in [6, 6.07) is 2.62. The van der Waals surface area contributed by atoms with E-state index in [1.165, 1.54) is 18.9 Å². The molecule has 0 aliphatic carbocycles. The first kappa shape index (κ1) is 24.8. The summed E-state index contributed by atoms with van der Waals surface area (Å²) in [6.07, 6.45) is 2.66. The van der Waals surface area contributed by atoms with Crippen LogP contribution in [0.5, 0.6) is 5.75 Å². The van der Waals surface area contributed by atoms with Gasteiger partial charge in [-0.1, -0.05) is 6.42 Å². The highest BCUT2D eigenvalue weighted by atomic mass is 35.5. The molecule has 0 saturated carbocycles. The molecule has 3 N–H and O–H groups in total. The minimum absolute atomic E-state index is 0. The van der Waals surface area contributed by atoms with Crippen LogP contribution in [0.2, 0.25) is 0 Å². The van der Waals surface area contributed by atoms with Crippen LogP contribution in [0.3, 0.4) is 0 Å². The van der Waals surface area contributed by atoms with Crippen molar-refractivity contribution < 1.29 is 23.0 Å². The van der Waals surface area contributed by atoms with E-state index in [1.807, 2.05) is 0 Å². The molecule has 1 aromatic rings. The van der Waals surface area contributed by atoms with E-state index >= 15 is 0 Å². The lowest BCUT2D eigenvalue weighted by Gasteiger charge is -2.23. The van der Waals surface area contributed by atoms with Crippen LogP contribution < -0.4 is 15.8 Å². The molecule has 2 rings (SSSR count). The molecule has 0 radical (unpaired) electrons. The van der Waals surface area contributed by atoms with Gasteiger partial charge in [-0.25, -0.2) is 8.78 Å². The minimum Gasteiger partial charge on any atom is -0.490 e. The highest BCUT2D eigenvalue weighted by Gasteiger charge is 2.28. The Morgan fingerprint density at radius 3 is 2.65 bits per heavy atom. The van der Waals surface area contributed by atoms with Crippen LogP contribution in [0.4, 0.5) is 8.78 Å². The summed E-state index contributed by atoms with van der Waals surface area (Å²) < 4.78 is 39.1. The second-order valence-corrected chi connectivity index (χ2v) is 5.79. The average Bonchev–Trinajstić information content (AvgIpc) is 2.57. The zero-order valence-electron chi connectivity index (χ0n) is 14.6. The number of nitrogens with two attached hydrogens (primary N) is 1. The highest BCUT2D eigenvalue weighted by Crippen LogP contribution is 2.30. The molecule has 1 fully saturated rings. The minimum atomic E-state index is -1.47. The molecule has 1 aliphatic rings. The quantitative estimate of drug-likeness (QED) is 0.684. The predicted molar refractivity (Wildman–Crippen MR) is 100 cm³/mol. The fourth-order valence-electron chi connectivity index (χ4n) is 2.86. The maximum absolute atomic E-state index is 14.6. The molecule has 26 heavy (non-hydrogen) atoms. The number of carbonyl (C=O) groups excluding carboxylic acids is 1. The lowest BCUT2D eigenvalue weighted by molar-refractivity contribution is -0.130. The van der Waals surface area contributed by atoms with Gasteiger partial charge in [-0.15, -0.1) is 24.8 Å². The van der Waals surface area contributed by atoms with Crippen molar-refractivity contribution in [2.75, 3.05) is 19.8 Å². The Hall–Kier alpha value is -1.15. The zero-order chi connectivity index (χ0) is 17.5. The lowest BCUT2D eigenvalue weighted by atomic mass is 10.0. The number of nitrogens with one attached hydrogen (secondary N) is 1. The van der Waals surface area contributed by atoms with E-state index in [1.54, 1.807) is 6.92 Å². The number of amides is 1. The monoisotopic (exact) mass is 414 g/mol. The van der Waals surface area contributed by atoms with Crippen molar-refractivity contribution in [3.8, 4) is 5.75 Å². The molecular weight excluding hydrogens is 389 g/mol. The molecule has 150 valence electrons. The van der Waals surface area contributed by atoms with Gasteiger partial charge in [0.1, 0.15) is 5.82 Å². The first-order valence-electron chi connectivity index (χ1n) is 8.29. The largest absolute Gasteiger partial charge is 0.490 e. The Balaban J connectivity index is 0.00000312. The molecular formula is C17H26Cl2F2N2O3. The fourth-order valence-corrected chi connectivity index (χ4v) is 2.86. The fraction of sp³-hybridized carbons (Fsp3) is 0.588. The van der Waals surface area contributed by atoms with E-state index in [-0.39, 0.29) is 37.2 Å². The number of piperidine rings is 1. The predicted octanol–water partition coefficient (Wildman–Crippen LogP) is 3.28. The Labute approximate surface area is 164 Å². The summed E-state index contributed by atoms with van der Waals surface area (Å²) in [6.45, 7) is 3.00. The number of rotatable bonds is 8. The third kappa shape index (κ3) is 6.54. The summed E-state index contributed by atoms with van der Waals surface area (Å²) >= 11 is 0. The van der Waals surface area contributed by atoms with E-state index in [2.05, 4.69) is 5.32 Å². The van der Waals surface area contributed by atoms with Crippen LogP contribution in [0.15, 0.2) is 12.1 Å². The van der Waals surface area contributed by atoms with Gasteiger partial charge in [0.15, 0.2) is 17.7 Å². The van der Waals surface area contributed by atoms with Gasteiger partial charge in [-0.2, -0.15) is 0 Å². The van der Waals surface area contributed by atoms with E-state index in [9.17, 15) is 13.6 Å². The standard InChI is InChI=1S/C17H24F2N2O3.2ClH/c1-2-23-16(17(20)22)14-12(18)6-7-13(15(14)19)24-10-8-11-5-3-4-9-21-11;;/h6-7,11,16,21H,2-5,8-10H2,1H3,(H2,20,22);2*1H. The maximum Gasteiger partial charge on any atom is 0.251 e. The van der Waals surface area contributed by atoms with Gasteiger partial charge in [-0.05, 0) is 44.9 Å². The summed E-state index contributed by atoms with van der Waals surface area (Å²) in [5.41, 5.74) is 4.69. The normalized spacial score (nSPS) is 17.6. The molecule has 2 unspecified atom stereocenters. The van der Waals surface area contributed by atoms with Crippen molar-refractivity contribution in [2.24, 2.45) is 5.73 Å². The van der Waals surface area contributed by atoms with Gasteiger partial charge in [0.25, 0.3) is 5.91 Å². The van der Waals surface area contributed by atoms with Crippen LogP contribution in [0.25, 0.3) is 0 Å². The first-order chi connectivity index (χ1) is 11.5. The van der Waals surface area contributed by atoms with Crippen molar-refractivity contribution in [1.82, 2.24) is 5.32 Å². The van der Waals surface area contributed by atoms with Crippen LogP contribution in [0, 0.1) is 11.6 Å². The summed E-state index contributed by atoms with van der Waals surface area (Å²) in [5.74, 6) is -2.87. The molecule has 0 aromatic heterocycles. The Bertz CT molecular complexity index is 573. The molecule has 9 heteroatoms. The molecule has 1 saturated heterocycles. The van der Waals surface area contributed by atoms with Gasteiger partial charge in [0.05, 0.1) is 12.2 Å². The summed E-state index contributed by atoms with van der Waals surface area (Å²) in [7, 11) is 0. The van der Waals surface area contributed by atoms with Crippen LogP contribution >= 0.6 is 24.8 Å². The summed E-state index contributed by atoms with van der Waals surface area (Å²) in [4.78, 5) is 11.4. The van der Waals surface area contributed by atoms with Crippen molar-refractivity contribution in [1.29, 1.82) is 0 Å². The maximum atomic E-state index is 14.6. The van der Waals surface area contributed by atoms with Gasteiger partial charge in [-0.3, -0.25) is 4.79 Å². The van der Waals surface area contributed by atoms with Gasteiger partial charge >= 0.3 is 0 Å². The van der Waals surface area contributed by atoms with Crippen LogP contribution in [0.1, 0.15) is 44.3 Å². The second kappa shape index (κ2) is 12.3. The van der Waals surface area contributed by atoms with Gasteiger partial charge in [0, 0.05) is 12.6 Å². The number of halogens is 4. The van der Waals surface area contributed by atoms with Crippen molar-refractivity contribution in [2.45, 2.75) is 44.8 Å². The second-order valence-electron chi connectivity index (χ2n) is 5.79. The Morgan fingerprint density at radius 1 is 1.35 bits per heavy atom. The van der Waals surface area contributed by atoms with Crippen molar-refractivity contribution >= 4 is 30.7 Å². The molecule has 0 spiro atoms.